The molecule has 0 aliphatic rings. The fraction of sp³-hybridized carbons (Fsp3) is 0.333. The summed E-state index contributed by atoms with van der Waals surface area (Å²) in [5.74, 6) is -0.151. The van der Waals surface area contributed by atoms with Crippen LogP contribution in [0.4, 0.5) is 4.39 Å². The molecule has 1 N–H and O–H groups in total. The third-order valence-electron chi connectivity index (χ3n) is 3.57. The fourth-order valence-electron chi connectivity index (χ4n) is 2.35. The molecular formula is C18H21ClFN. The van der Waals surface area contributed by atoms with Crippen molar-refractivity contribution >= 4 is 11.6 Å². The van der Waals surface area contributed by atoms with Gasteiger partial charge in [-0.25, -0.2) is 4.39 Å². The van der Waals surface area contributed by atoms with E-state index in [0.29, 0.717) is 5.56 Å². The van der Waals surface area contributed by atoms with Gasteiger partial charge in [0.15, 0.2) is 0 Å². The summed E-state index contributed by atoms with van der Waals surface area (Å²) in [6, 6.07) is 13.4. The van der Waals surface area contributed by atoms with Crippen LogP contribution >= 0.6 is 11.6 Å². The Morgan fingerprint density at radius 3 is 2.67 bits per heavy atom. The molecule has 3 heteroatoms. The molecule has 1 unspecified atom stereocenters. The van der Waals surface area contributed by atoms with Gasteiger partial charge < -0.3 is 5.32 Å². The van der Waals surface area contributed by atoms with E-state index in [1.165, 1.54) is 0 Å². The number of rotatable bonds is 6. The molecule has 2 aromatic rings. The molecule has 2 aromatic carbocycles. The summed E-state index contributed by atoms with van der Waals surface area (Å²) in [6.45, 7) is 4.81. The molecule has 0 spiro atoms. The zero-order valence-corrected chi connectivity index (χ0v) is 13.3. The van der Waals surface area contributed by atoms with Crippen molar-refractivity contribution in [1.29, 1.82) is 0 Å². The highest BCUT2D eigenvalue weighted by atomic mass is 35.5. The molecule has 112 valence electrons. The van der Waals surface area contributed by atoms with Crippen LogP contribution in [0.2, 0.25) is 5.02 Å². The first kappa shape index (κ1) is 16.0. The van der Waals surface area contributed by atoms with E-state index in [2.05, 4.69) is 18.3 Å². The third kappa shape index (κ3) is 4.55. The first-order valence-corrected chi connectivity index (χ1v) is 7.72. The topological polar surface area (TPSA) is 12.0 Å². The van der Waals surface area contributed by atoms with Gasteiger partial charge in [0.2, 0.25) is 0 Å². The summed E-state index contributed by atoms with van der Waals surface area (Å²) in [5.41, 5.74) is 2.80. The summed E-state index contributed by atoms with van der Waals surface area (Å²) in [6.07, 6.45) is 1.84. The predicted molar refractivity (Wildman–Crippen MR) is 87.3 cm³/mol. The Labute approximate surface area is 131 Å². The summed E-state index contributed by atoms with van der Waals surface area (Å²) in [7, 11) is 0. The summed E-state index contributed by atoms with van der Waals surface area (Å²) in [4.78, 5) is 0. The van der Waals surface area contributed by atoms with Gasteiger partial charge in [0.25, 0.3) is 0 Å². The van der Waals surface area contributed by atoms with Gasteiger partial charge in [0.05, 0.1) is 0 Å². The number of hydrogen-bond donors (Lipinski definition) is 1. The molecule has 0 amide bonds. The van der Waals surface area contributed by atoms with Gasteiger partial charge in [-0.3, -0.25) is 0 Å². The van der Waals surface area contributed by atoms with Gasteiger partial charge in [-0.1, -0.05) is 42.8 Å². The van der Waals surface area contributed by atoms with Gasteiger partial charge in [-0.15, -0.1) is 0 Å². The maximum absolute atomic E-state index is 13.8. The second-order valence-electron chi connectivity index (χ2n) is 5.35. The van der Waals surface area contributed by atoms with Crippen molar-refractivity contribution in [2.75, 3.05) is 6.54 Å². The van der Waals surface area contributed by atoms with Gasteiger partial charge in [-0.2, -0.15) is 0 Å². The van der Waals surface area contributed by atoms with Crippen LogP contribution in [0.15, 0.2) is 42.5 Å². The van der Waals surface area contributed by atoms with Crippen LogP contribution in [-0.4, -0.2) is 6.54 Å². The molecule has 0 aromatic heterocycles. The van der Waals surface area contributed by atoms with Gasteiger partial charge in [0.1, 0.15) is 5.82 Å². The average Bonchev–Trinajstić information content (AvgIpc) is 2.46. The highest BCUT2D eigenvalue weighted by Crippen LogP contribution is 2.22. The minimum absolute atomic E-state index is 0.0958. The molecular weight excluding hydrogens is 285 g/mol. The number of benzene rings is 2. The largest absolute Gasteiger partial charge is 0.310 e. The van der Waals surface area contributed by atoms with Gasteiger partial charge in [-0.05, 0) is 61.2 Å². The lowest BCUT2D eigenvalue weighted by Gasteiger charge is -2.20. The molecule has 1 nitrogen and oxygen atoms in total. The van der Waals surface area contributed by atoms with Crippen LogP contribution in [0.1, 0.15) is 36.1 Å². The maximum Gasteiger partial charge on any atom is 0.126 e. The lowest BCUT2D eigenvalue weighted by Crippen LogP contribution is -2.24. The molecule has 2 rings (SSSR count). The molecule has 0 fully saturated rings. The number of hydrogen-bond acceptors (Lipinski definition) is 1. The molecule has 21 heavy (non-hydrogen) atoms. The van der Waals surface area contributed by atoms with Crippen LogP contribution in [0.5, 0.6) is 0 Å². The molecule has 1 atom stereocenters. The standard InChI is InChI=1S/C18H21ClFN/c1-3-9-21-18(11-14-5-4-6-16(19)10-14)15-8-7-13(2)17(20)12-15/h4-8,10,12,18,21H,3,9,11H2,1-2H3. The van der Waals surface area contributed by atoms with Crippen molar-refractivity contribution in [2.45, 2.75) is 32.7 Å². The van der Waals surface area contributed by atoms with Crippen molar-refractivity contribution in [3.8, 4) is 0 Å². The quantitative estimate of drug-likeness (QED) is 0.785. The first-order valence-electron chi connectivity index (χ1n) is 7.34. The van der Waals surface area contributed by atoms with E-state index in [-0.39, 0.29) is 11.9 Å². The molecule has 0 saturated heterocycles. The normalized spacial score (nSPS) is 12.4. The summed E-state index contributed by atoms with van der Waals surface area (Å²) in [5, 5.41) is 4.22. The van der Waals surface area contributed by atoms with Gasteiger partial charge in [0, 0.05) is 11.1 Å². The fourth-order valence-corrected chi connectivity index (χ4v) is 2.56. The smallest absolute Gasteiger partial charge is 0.126 e. The molecule has 0 aliphatic heterocycles. The Morgan fingerprint density at radius 2 is 2.00 bits per heavy atom. The minimum atomic E-state index is -0.151. The summed E-state index contributed by atoms with van der Waals surface area (Å²) >= 11 is 6.04. The van der Waals surface area contributed by atoms with Crippen molar-refractivity contribution in [3.05, 3.63) is 70.0 Å². The zero-order valence-electron chi connectivity index (χ0n) is 12.5. The second-order valence-corrected chi connectivity index (χ2v) is 5.79. The van der Waals surface area contributed by atoms with Crippen LogP contribution in [0.3, 0.4) is 0 Å². The van der Waals surface area contributed by atoms with Crippen LogP contribution in [-0.2, 0) is 6.42 Å². The van der Waals surface area contributed by atoms with Crippen LogP contribution in [0, 0.1) is 12.7 Å². The zero-order chi connectivity index (χ0) is 15.2. The van der Waals surface area contributed by atoms with Crippen molar-refractivity contribution in [2.24, 2.45) is 0 Å². The Bertz CT molecular complexity index is 598. The average molecular weight is 306 g/mol. The Hall–Kier alpha value is -1.38. The van der Waals surface area contributed by atoms with E-state index in [0.717, 1.165) is 35.5 Å². The highest BCUT2D eigenvalue weighted by Gasteiger charge is 2.13. The first-order chi connectivity index (χ1) is 10.1. The Kier molecular flexibility index (Phi) is 5.77. The van der Waals surface area contributed by atoms with E-state index in [4.69, 9.17) is 11.6 Å². The van der Waals surface area contributed by atoms with Crippen LogP contribution < -0.4 is 5.32 Å². The minimum Gasteiger partial charge on any atom is -0.310 e. The number of aryl methyl sites for hydroxylation is 1. The molecule has 0 radical (unpaired) electrons. The van der Waals surface area contributed by atoms with Crippen molar-refractivity contribution < 1.29 is 4.39 Å². The van der Waals surface area contributed by atoms with E-state index in [1.807, 2.05) is 30.3 Å². The highest BCUT2D eigenvalue weighted by molar-refractivity contribution is 6.30. The molecule has 0 saturated carbocycles. The van der Waals surface area contributed by atoms with Crippen molar-refractivity contribution in [1.82, 2.24) is 5.32 Å². The Balaban J connectivity index is 2.22. The second kappa shape index (κ2) is 7.58. The van der Waals surface area contributed by atoms with E-state index in [1.54, 1.807) is 13.0 Å². The monoisotopic (exact) mass is 305 g/mol. The van der Waals surface area contributed by atoms with Gasteiger partial charge >= 0.3 is 0 Å². The van der Waals surface area contributed by atoms with Crippen LogP contribution in [0.25, 0.3) is 0 Å². The lowest BCUT2D eigenvalue weighted by molar-refractivity contribution is 0.523. The lowest BCUT2D eigenvalue weighted by atomic mass is 9.97. The van der Waals surface area contributed by atoms with E-state index >= 15 is 0 Å². The number of halogens is 2. The molecule has 0 aliphatic carbocycles. The summed E-state index contributed by atoms with van der Waals surface area (Å²) < 4.78 is 13.8. The third-order valence-corrected chi connectivity index (χ3v) is 3.80. The maximum atomic E-state index is 13.8. The SMILES string of the molecule is CCCNC(Cc1cccc(Cl)c1)c1ccc(C)c(F)c1. The Morgan fingerprint density at radius 1 is 1.19 bits per heavy atom. The molecule has 0 heterocycles. The molecule has 0 bridgehead atoms. The van der Waals surface area contributed by atoms with E-state index in [9.17, 15) is 4.39 Å². The van der Waals surface area contributed by atoms with E-state index < -0.39 is 0 Å². The van der Waals surface area contributed by atoms with Crippen molar-refractivity contribution in [3.63, 3.8) is 0 Å². The number of nitrogens with one attached hydrogen (secondary N) is 1. The predicted octanol–water partition coefficient (Wildman–Crippen LogP) is 5.07.